The average Bonchev–Trinajstić information content (AvgIpc) is 3.09. The zero-order valence-corrected chi connectivity index (χ0v) is 12.6. The normalized spacial score (nSPS) is 15.6. The van der Waals surface area contributed by atoms with Crippen molar-refractivity contribution in [2.45, 2.75) is 31.8 Å². The molecule has 0 radical (unpaired) electrons. The number of oxime groups is 1. The number of benzene rings is 1. The summed E-state index contributed by atoms with van der Waals surface area (Å²) in [6.07, 6.45) is 6.14. The second-order valence-electron chi connectivity index (χ2n) is 5.43. The van der Waals surface area contributed by atoms with Crippen molar-refractivity contribution >= 4 is 5.84 Å². The fourth-order valence-electron chi connectivity index (χ4n) is 2.39. The van der Waals surface area contributed by atoms with Crippen LogP contribution >= 0.6 is 0 Å². The van der Waals surface area contributed by atoms with Crippen molar-refractivity contribution in [1.82, 2.24) is 4.98 Å². The molecule has 2 aromatic rings. The Labute approximate surface area is 133 Å². The number of ether oxygens (including phenoxy) is 1. The predicted octanol–water partition coefficient (Wildman–Crippen LogP) is 3.59. The van der Waals surface area contributed by atoms with Gasteiger partial charge in [0.25, 0.3) is 0 Å². The highest BCUT2D eigenvalue weighted by molar-refractivity contribution is 5.96. The number of rotatable bonds is 5. The van der Waals surface area contributed by atoms with Crippen molar-refractivity contribution in [3.63, 3.8) is 0 Å². The Morgan fingerprint density at radius 1 is 1.13 bits per heavy atom. The van der Waals surface area contributed by atoms with Gasteiger partial charge in [-0.15, -0.1) is 0 Å². The first-order valence-corrected chi connectivity index (χ1v) is 7.60. The average molecular weight is 315 g/mol. The fraction of sp³-hybridized carbons (Fsp3) is 0.294. The molecule has 1 aromatic heterocycles. The van der Waals surface area contributed by atoms with Crippen molar-refractivity contribution < 1.29 is 14.0 Å². The van der Waals surface area contributed by atoms with E-state index in [2.05, 4.69) is 10.1 Å². The summed E-state index contributed by atoms with van der Waals surface area (Å²) in [6.45, 7) is 0. The molecule has 23 heavy (non-hydrogen) atoms. The summed E-state index contributed by atoms with van der Waals surface area (Å²) in [5, 5.41) is 3.97. The highest BCUT2D eigenvalue weighted by Crippen LogP contribution is 2.22. The highest BCUT2D eigenvalue weighted by Gasteiger charge is 2.16. The summed E-state index contributed by atoms with van der Waals surface area (Å²) >= 11 is 0. The second-order valence-corrected chi connectivity index (χ2v) is 5.43. The third-order valence-corrected chi connectivity index (χ3v) is 3.67. The third-order valence-electron chi connectivity index (χ3n) is 3.67. The molecular formula is C17H18FN3O2. The van der Waals surface area contributed by atoms with Gasteiger partial charge in [0.15, 0.2) is 5.84 Å². The molecule has 1 fully saturated rings. The third kappa shape index (κ3) is 4.18. The van der Waals surface area contributed by atoms with Gasteiger partial charge in [0, 0.05) is 17.8 Å². The van der Waals surface area contributed by atoms with Crippen LogP contribution in [0.3, 0.4) is 0 Å². The zero-order chi connectivity index (χ0) is 16.1. The first kappa shape index (κ1) is 15.3. The van der Waals surface area contributed by atoms with Gasteiger partial charge in [0.05, 0.1) is 0 Å². The van der Waals surface area contributed by atoms with E-state index in [0.717, 1.165) is 12.8 Å². The van der Waals surface area contributed by atoms with Crippen LogP contribution < -0.4 is 10.5 Å². The van der Waals surface area contributed by atoms with Crippen LogP contribution in [0.25, 0.3) is 0 Å². The quantitative estimate of drug-likeness (QED) is 0.520. The van der Waals surface area contributed by atoms with Gasteiger partial charge in [-0.25, -0.2) is 9.37 Å². The SMILES string of the molecule is N/C(=N\OC1CCCC1)c1ccc(Oc2ccc(F)cc2)nc1. The molecule has 0 amide bonds. The summed E-state index contributed by atoms with van der Waals surface area (Å²) in [4.78, 5) is 9.59. The van der Waals surface area contributed by atoms with Crippen molar-refractivity contribution in [2.24, 2.45) is 10.9 Å². The molecule has 0 spiro atoms. The molecule has 1 saturated carbocycles. The van der Waals surface area contributed by atoms with Crippen molar-refractivity contribution in [1.29, 1.82) is 0 Å². The van der Waals surface area contributed by atoms with Gasteiger partial charge >= 0.3 is 0 Å². The molecule has 2 N–H and O–H groups in total. The Morgan fingerprint density at radius 3 is 2.52 bits per heavy atom. The van der Waals surface area contributed by atoms with Crippen LogP contribution in [0.2, 0.25) is 0 Å². The summed E-state index contributed by atoms with van der Waals surface area (Å²) in [5.41, 5.74) is 6.56. The number of aromatic nitrogens is 1. The molecule has 1 aliphatic rings. The zero-order valence-electron chi connectivity index (χ0n) is 12.6. The van der Waals surface area contributed by atoms with Gasteiger partial charge < -0.3 is 15.3 Å². The van der Waals surface area contributed by atoms with Gasteiger partial charge in [-0.1, -0.05) is 5.16 Å². The van der Waals surface area contributed by atoms with E-state index in [0.29, 0.717) is 17.2 Å². The van der Waals surface area contributed by atoms with E-state index < -0.39 is 0 Å². The lowest BCUT2D eigenvalue weighted by atomic mass is 10.2. The predicted molar refractivity (Wildman–Crippen MR) is 84.8 cm³/mol. The Morgan fingerprint density at radius 2 is 1.87 bits per heavy atom. The van der Waals surface area contributed by atoms with Gasteiger partial charge in [0.1, 0.15) is 17.7 Å². The van der Waals surface area contributed by atoms with Crippen LogP contribution in [-0.2, 0) is 4.84 Å². The summed E-state index contributed by atoms with van der Waals surface area (Å²) in [7, 11) is 0. The van der Waals surface area contributed by atoms with Gasteiger partial charge in [-0.3, -0.25) is 0 Å². The molecule has 5 nitrogen and oxygen atoms in total. The van der Waals surface area contributed by atoms with E-state index in [1.807, 2.05) is 0 Å². The van der Waals surface area contributed by atoms with Crippen LogP contribution in [0.1, 0.15) is 31.2 Å². The van der Waals surface area contributed by atoms with Crippen LogP contribution in [-0.4, -0.2) is 16.9 Å². The Balaban J connectivity index is 1.61. The first-order valence-electron chi connectivity index (χ1n) is 7.60. The van der Waals surface area contributed by atoms with E-state index in [1.54, 1.807) is 18.3 Å². The minimum Gasteiger partial charge on any atom is -0.439 e. The molecule has 1 aromatic carbocycles. The summed E-state index contributed by atoms with van der Waals surface area (Å²) in [5.74, 6) is 0.882. The molecule has 0 saturated heterocycles. The Bertz CT molecular complexity index is 665. The first-order chi connectivity index (χ1) is 11.2. The van der Waals surface area contributed by atoms with Crippen LogP contribution in [0.15, 0.2) is 47.8 Å². The number of nitrogens with zero attached hydrogens (tertiary/aromatic N) is 2. The van der Waals surface area contributed by atoms with E-state index in [4.69, 9.17) is 15.3 Å². The van der Waals surface area contributed by atoms with Gasteiger partial charge in [-0.05, 0) is 56.0 Å². The summed E-state index contributed by atoms with van der Waals surface area (Å²) < 4.78 is 18.4. The smallest absolute Gasteiger partial charge is 0.219 e. The molecule has 0 bridgehead atoms. The number of hydrogen-bond donors (Lipinski definition) is 1. The molecule has 0 unspecified atom stereocenters. The lowest BCUT2D eigenvalue weighted by Gasteiger charge is -2.08. The number of pyridine rings is 1. The topological polar surface area (TPSA) is 69.7 Å². The molecular weight excluding hydrogens is 297 g/mol. The van der Waals surface area contributed by atoms with E-state index in [9.17, 15) is 4.39 Å². The highest BCUT2D eigenvalue weighted by atomic mass is 19.1. The summed E-state index contributed by atoms with van der Waals surface area (Å²) in [6, 6.07) is 9.16. The molecule has 6 heteroatoms. The Hall–Kier alpha value is -2.63. The molecule has 0 aliphatic heterocycles. The molecule has 120 valence electrons. The van der Waals surface area contributed by atoms with E-state index in [-0.39, 0.29) is 17.8 Å². The Kier molecular flexibility index (Phi) is 4.71. The molecule has 0 atom stereocenters. The fourth-order valence-corrected chi connectivity index (χ4v) is 2.39. The van der Waals surface area contributed by atoms with Crippen LogP contribution in [0.4, 0.5) is 4.39 Å². The molecule has 1 heterocycles. The minimum absolute atomic E-state index is 0.169. The molecule has 1 aliphatic carbocycles. The maximum absolute atomic E-state index is 12.8. The number of nitrogens with two attached hydrogens (primary N) is 1. The van der Waals surface area contributed by atoms with E-state index in [1.165, 1.54) is 37.1 Å². The maximum atomic E-state index is 12.8. The number of hydrogen-bond acceptors (Lipinski definition) is 4. The van der Waals surface area contributed by atoms with Crippen molar-refractivity contribution in [3.8, 4) is 11.6 Å². The van der Waals surface area contributed by atoms with Crippen molar-refractivity contribution in [3.05, 3.63) is 54.0 Å². The van der Waals surface area contributed by atoms with Crippen LogP contribution in [0.5, 0.6) is 11.6 Å². The maximum Gasteiger partial charge on any atom is 0.219 e. The second kappa shape index (κ2) is 7.09. The lowest BCUT2D eigenvalue weighted by Crippen LogP contribution is -2.16. The van der Waals surface area contributed by atoms with Gasteiger partial charge in [-0.2, -0.15) is 0 Å². The molecule has 3 rings (SSSR count). The largest absolute Gasteiger partial charge is 0.439 e. The standard InChI is InChI=1S/C17H18FN3O2/c18-13-6-8-14(9-7-13)22-16-10-5-12(11-20-16)17(19)21-23-15-3-1-2-4-15/h5-11,15H,1-4H2,(H2,19,21). The number of amidine groups is 1. The lowest BCUT2D eigenvalue weighted by molar-refractivity contribution is 0.0643. The van der Waals surface area contributed by atoms with E-state index >= 15 is 0 Å². The number of halogens is 1. The monoisotopic (exact) mass is 315 g/mol. The van der Waals surface area contributed by atoms with Crippen molar-refractivity contribution in [2.75, 3.05) is 0 Å². The van der Waals surface area contributed by atoms with Gasteiger partial charge in [0.2, 0.25) is 5.88 Å². The minimum atomic E-state index is -0.313. The van der Waals surface area contributed by atoms with Crippen LogP contribution in [0, 0.1) is 5.82 Å².